The SMILES string of the molecule is Cc1cc(C2CC2)cc(C)c1C1=C(O)C2(CCCCC2)CNC1=O.Cc1cc(C2CC2)cc(C)c1CC(=O)NCC1(C#CC(=O)O)CCCCC1.[HH].[HH]. The fraction of sp³-hybridized carbons (Fsp3) is 0.568. The molecule has 4 saturated carbocycles. The summed E-state index contributed by atoms with van der Waals surface area (Å²) in [6.07, 6.45) is 15.8. The van der Waals surface area contributed by atoms with E-state index < -0.39 is 11.4 Å². The summed E-state index contributed by atoms with van der Waals surface area (Å²) in [5.41, 5.74) is 9.32. The Bertz CT molecular complexity index is 1740. The normalized spacial score (nSPS) is 20.7. The number of carboxylic acids is 1. The average molecular weight is 697 g/mol. The fourth-order valence-corrected chi connectivity index (χ4v) is 8.92. The molecule has 2 aromatic rings. The minimum Gasteiger partial charge on any atom is -0.511 e. The van der Waals surface area contributed by atoms with Crippen LogP contribution in [0, 0.1) is 50.4 Å². The Morgan fingerprint density at radius 3 is 1.84 bits per heavy atom. The van der Waals surface area contributed by atoms with Crippen LogP contribution < -0.4 is 10.6 Å². The van der Waals surface area contributed by atoms with Gasteiger partial charge in [-0.3, -0.25) is 9.59 Å². The molecule has 4 fully saturated rings. The topological polar surface area (TPSA) is 116 Å². The first-order chi connectivity index (χ1) is 24.4. The van der Waals surface area contributed by atoms with E-state index in [0.29, 0.717) is 42.7 Å². The molecule has 1 spiro atoms. The van der Waals surface area contributed by atoms with Gasteiger partial charge in [-0.25, -0.2) is 4.79 Å². The Morgan fingerprint density at radius 1 is 0.824 bits per heavy atom. The Morgan fingerprint density at radius 2 is 1.33 bits per heavy atom. The molecule has 7 nitrogen and oxygen atoms in total. The predicted octanol–water partition coefficient (Wildman–Crippen LogP) is 8.90. The first-order valence-corrected chi connectivity index (χ1v) is 19.4. The molecule has 0 aromatic heterocycles. The molecule has 0 bridgehead atoms. The molecule has 1 aliphatic heterocycles. The van der Waals surface area contributed by atoms with Crippen LogP contribution in [0.5, 0.6) is 0 Å². The summed E-state index contributed by atoms with van der Waals surface area (Å²) in [7, 11) is 0. The van der Waals surface area contributed by atoms with Crippen LogP contribution in [0.2, 0.25) is 0 Å². The number of aliphatic carboxylic acids is 1. The van der Waals surface area contributed by atoms with E-state index in [1.54, 1.807) is 0 Å². The molecule has 0 radical (unpaired) electrons. The van der Waals surface area contributed by atoms with Gasteiger partial charge in [-0.15, -0.1) is 0 Å². The van der Waals surface area contributed by atoms with E-state index in [4.69, 9.17) is 5.11 Å². The lowest BCUT2D eigenvalue weighted by atomic mass is 9.69. The molecular weight excluding hydrogens is 636 g/mol. The van der Waals surface area contributed by atoms with Crippen molar-refractivity contribution in [2.24, 2.45) is 10.8 Å². The van der Waals surface area contributed by atoms with Crippen LogP contribution in [0.3, 0.4) is 0 Å². The third-order valence-corrected chi connectivity index (χ3v) is 12.2. The second kappa shape index (κ2) is 15.3. The molecule has 4 aliphatic carbocycles. The number of carbonyl (C=O) groups is 3. The zero-order chi connectivity index (χ0) is 36.3. The van der Waals surface area contributed by atoms with Gasteiger partial charge in [-0.1, -0.05) is 68.7 Å². The number of carboxylic acid groups (broad SMARTS) is 1. The van der Waals surface area contributed by atoms with Gasteiger partial charge in [0.15, 0.2) is 0 Å². The van der Waals surface area contributed by atoms with Gasteiger partial charge in [0.05, 0.1) is 12.0 Å². The first-order valence-electron chi connectivity index (χ1n) is 19.4. The lowest BCUT2D eigenvalue weighted by Gasteiger charge is -2.41. The zero-order valence-corrected chi connectivity index (χ0v) is 31.1. The van der Waals surface area contributed by atoms with E-state index in [0.717, 1.165) is 80.0 Å². The Balaban J connectivity index is 0.000000229. The van der Waals surface area contributed by atoms with Gasteiger partial charge in [0.25, 0.3) is 5.91 Å². The number of nitrogens with one attached hydrogen (secondary N) is 2. The number of amides is 2. The number of hydrogen-bond donors (Lipinski definition) is 4. The highest BCUT2D eigenvalue weighted by molar-refractivity contribution is 6.21. The summed E-state index contributed by atoms with van der Waals surface area (Å²) in [4.78, 5) is 36.1. The molecule has 0 saturated heterocycles. The number of aryl methyl sites for hydroxylation is 4. The minimum atomic E-state index is -1.10. The molecule has 0 atom stereocenters. The molecule has 5 aliphatic rings. The van der Waals surface area contributed by atoms with Crippen molar-refractivity contribution in [2.75, 3.05) is 13.1 Å². The summed E-state index contributed by atoms with van der Waals surface area (Å²) >= 11 is 0. The highest BCUT2D eigenvalue weighted by Crippen LogP contribution is 2.48. The van der Waals surface area contributed by atoms with Crippen molar-refractivity contribution in [3.8, 4) is 11.8 Å². The third kappa shape index (κ3) is 8.54. The van der Waals surface area contributed by atoms with Crippen LogP contribution in [-0.2, 0) is 20.8 Å². The van der Waals surface area contributed by atoms with Gasteiger partial charge in [0.1, 0.15) is 5.76 Å². The van der Waals surface area contributed by atoms with Crippen molar-refractivity contribution in [3.63, 3.8) is 0 Å². The van der Waals surface area contributed by atoms with Crippen LogP contribution in [0.25, 0.3) is 5.57 Å². The summed E-state index contributed by atoms with van der Waals surface area (Å²) in [5, 5.41) is 26.1. The summed E-state index contributed by atoms with van der Waals surface area (Å²) in [6, 6.07) is 8.90. The molecule has 4 N–H and O–H groups in total. The van der Waals surface area contributed by atoms with E-state index in [9.17, 15) is 19.5 Å². The van der Waals surface area contributed by atoms with Gasteiger partial charge < -0.3 is 20.8 Å². The van der Waals surface area contributed by atoms with Crippen LogP contribution in [-0.4, -0.2) is 41.1 Å². The van der Waals surface area contributed by atoms with Crippen LogP contribution >= 0.6 is 0 Å². The quantitative estimate of drug-likeness (QED) is 0.216. The lowest BCUT2D eigenvalue weighted by Crippen LogP contribution is -2.46. The zero-order valence-electron chi connectivity index (χ0n) is 31.1. The molecule has 7 rings (SSSR count). The van der Waals surface area contributed by atoms with Crippen molar-refractivity contribution in [3.05, 3.63) is 74.5 Å². The number of benzene rings is 2. The molecule has 276 valence electrons. The fourth-order valence-electron chi connectivity index (χ4n) is 8.92. The number of carbonyl (C=O) groups excluding carboxylic acids is 2. The van der Waals surface area contributed by atoms with Gasteiger partial charge in [-0.2, -0.15) is 0 Å². The first kappa shape index (κ1) is 36.7. The largest absolute Gasteiger partial charge is 0.511 e. The molecule has 2 amide bonds. The molecule has 51 heavy (non-hydrogen) atoms. The lowest BCUT2D eigenvalue weighted by molar-refractivity contribution is -0.130. The van der Waals surface area contributed by atoms with Crippen LogP contribution in [0.1, 0.15) is 149 Å². The van der Waals surface area contributed by atoms with E-state index in [1.807, 2.05) is 0 Å². The number of aliphatic hydroxyl groups excluding tert-OH is 1. The van der Waals surface area contributed by atoms with Crippen molar-refractivity contribution in [1.29, 1.82) is 0 Å². The van der Waals surface area contributed by atoms with Gasteiger partial charge in [-0.05, 0) is 135 Å². The van der Waals surface area contributed by atoms with Crippen molar-refractivity contribution >= 4 is 23.4 Å². The Hall–Kier alpha value is -4.05. The summed E-state index contributed by atoms with van der Waals surface area (Å²) < 4.78 is 0. The maximum absolute atomic E-state index is 12.6. The van der Waals surface area contributed by atoms with Crippen molar-refractivity contribution in [2.45, 2.75) is 136 Å². The second-order valence-electron chi connectivity index (χ2n) is 16.3. The molecular formula is C44H60N2O5. The number of hydrogen-bond acceptors (Lipinski definition) is 4. The smallest absolute Gasteiger partial charge is 0.381 e. The standard InChI is InChI=1S/C23H29NO3.C21H27NO2.2H2/c1-16-12-19(18-6-7-18)13-17(2)20(16)14-21(25)24-15-23(11-8-22(26)27)9-4-3-5-10-23;1-13-10-16(15-6-7-15)11-14(2)17(13)18-19(23)21(12-22-20(18)24)8-4-3-5-9-21;;/h12-13,18H,3-7,9-10,14-15H2,1-2H3,(H,24,25)(H,26,27);10-11,15,23H,3-9,12H2,1-2H3,(H,22,24);2*1H. The van der Waals surface area contributed by atoms with Gasteiger partial charge in [0, 0.05) is 32.7 Å². The van der Waals surface area contributed by atoms with Crippen LogP contribution in [0.4, 0.5) is 0 Å². The van der Waals surface area contributed by atoms with Crippen LogP contribution in [0.15, 0.2) is 30.0 Å². The van der Waals surface area contributed by atoms with E-state index in [1.165, 1.54) is 54.4 Å². The molecule has 2 aromatic carbocycles. The van der Waals surface area contributed by atoms with E-state index in [2.05, 4.69) is 74.4 Å². The Labute approximate surface area is 307 Å². The number of rotatable bonds is 7. The Kier molecular flexibility index (Phi) is 11.0. The highest BCUT2D eigenvalue weighted by Gasteiger charge is 2.43. The highest BCUT2D eigenvalue weighted by atomic mass is 16.4. The molecule has 1 heterocycles. The molecule has 0 unspecified atom stereocenters. The maximum Gasteiger partial charge on any atom is 0.381 e. The van der Waals surface area contributed by atoms with Crippen molar-refractivity contribution < 1.29 is 27.4 Å². The average Bonchev–Trinajstić information content (AvgIpc) is 4.03. The molecule has 7 heteroatoms. The summed E-state index contributed by atoms with van der Waals surface area (Å²) in [6.45, 7) is 9.34. The van der Waals surface area contributed by atoms with Gasteiger partial charge >= 0.3 is 5.97 Å². The second-order valence-corrected chi connectivity index (χ2v) is 16.3. The maximum atomic E-state index is 12.6. The van der Waals surface area contributed by atoms with E-state index >= 15 is 0 Å². The predicted molar refractivity (Wildman–Crippen MR) is 206 cm³/mol. The summed E-state index contributed by atoms with van der Waals surface area (Å²) in [5.74, 6) is 5.75. The van der Waals surface area contributed by atoms with Crippen molar-refractivity contribution in [1.82, 2.24) is 10.6 Å². The monoisotopic (exact) mass is 696 g/mol. The third-order valence-electron chi connectivity index (χ3n) is 12.2. The minimum absolute atomic E-state index is 0. The van der Waals surface area contributed by atoms with E-state index in [-0.39, 0.29) is 20.1 Å². The van der Waals surface area contributed by atoms with Gasteiger partial charge in [0.2, 0.25) is 5.91 Å². The number of aliphatic hydroxyl groups is 1.